The van der Waals surface area contributed by atoms with Crippen LogP contribution in [0.2, 0.25) is 0 Å². The molecule has 0 spiro atoms. The quantitative estimate of drug-likeness (QED) is 0.250. The van der Waals surface area contributed by atoms with E-state index in [0.717, 1.165) is 42.8 Å². The summed E-state index contributed by atoms with van der Waals surface area (Å²) in [5.74, 6) is 1.84. The van der Waals surface area contributed by atoms with Crippen LogP contribution in [-0.2, 0) is 9.47 Å². The molecule has 0 bridgehead atoms. The summed E-state index contributed by atoms with van der Waals surface area (Å²) in [6.07, 6.45) is -0.274. The summed E-state index contributed by atoms with van der Waals surface area (Å²) in [6.45, 7) is 6.36. The van der Waals surface area contributed by atoms with Crippen LogP contribution >= 0.6 is 35.7 Å². The van der Waals surface area contributed by atoms with E-state index in [1.165, 1.54) is 5.69 Å². The molecule has 1 aromatic rings. The Hall–Kier alpha value is -0.910. The van der Waals surface area contributed by atoms with Gasteiger partial charge in [-0.1, -0.05) is 18.7 Å². The maximum Gasteiger partial charge on any atom is 0.180 e. The van der Waals surface area contributed by atoms with Gasteiger partial charge in [-0.2, -0.15) is 5.10 Å². The second-order valence-electron chi connectivity index (χ2n) is 5.76. The monoisotopic (exact) mass is 510 g/mol. The summed E-state index contributed by atoms with van der Waals surface area (Å²) in [5, 5.41) is 11.1. The van der Waals surface area contributed by atoms with Gasteiger partial charge in [0.05, 0.1) is 26.7 Å². The van der Waals surface area contributed by atoms with E-state index >= 15 is 0 Å². The second-order valence-corrected chi connectivity index (χ2v) is 7.01. The minimum Gasteiger partial charge on any atom is -0.497 e. The topological polar surface area (TPSA) is 58.6 Å². The zero-order valence-electron chi connectivity index (χ0n) is 16.5. The molecule has 7 nitrogen and oxygen atoms in total. The molecule has 0 unspecified atom stereocenters. The van der Waals surface area contributed by atoms with Gasteiger partial charge in [0.1, 0.15) is 5.75 Å². The van der Waals surface area contributed by atoms with Crippen molar-refractivity contribution in [2.75, 3.05) is 64.7 Å². The van der Waals surface area contributed by atoms with Crippen molar-refractivity contribution in [1.82, 2.24) is 10.3 Å². The molecule has 0 aliphatic carbocycles. The number of halogens is 1. The van der Waals surface area contributed by atoms with Crippen LogP contribution in [0.1, 0.15) is 6.92 Å². The number of nitrogens with zero attached hydrogens (tertiary/aromatic N) is 3. The first-order valence-electron chi connectivity index (χ1n) is 8.85. The highest BCUT2D eigenvalue weighted by Crippen LogP contribution is 2.20. The third kappa shape index (κ3) is 7.92. The lowest BCUT2D eigenvalue weighted by atomic mass is 10.2. The highest BCUT2D eigenvalue weighted by Gasteiger charge is 2.17. The van der Waals surface area contributed by atoms with Crippen LogP contribution in [0.5, 0.6) is 5.75 Å². The Labute approximate surface area is 183 Å². The van der Waals surface area contributed by atoms with Crippen molar-refractivity contribution >= 4 is 46.6 Å². The van der Waals surface area contributed by atoms with Crippen LogP contribution < -0.4 is 15.0 Å². The van der Waals surface area contributed by atoms with Gasteiger partial charge in [0.2, 0.25) is 0 Å². The molecule has 1 aliphatic heterocycles. The number of piperazine rings is 1. The Kier molecular flexibility index (Phi) is 11.9. The number of anilines is 1. The lowest BCUT2D eigenvalue weighted by molar-refractivity contribution is -0.0964. The predicted octanol–water partition coefficient (Wildman–Crippen LogP) is 2.67. The normalized spacial score (nSPS) is 14.9. The molecule has 2 rings (SSSR count). The first-order chi connectivity index (χ1) is 12.7. The number of rotatable bonds is 8. The van der Waals surface area contributed by atoms with Gasteiger partial charge in [0.25, 0.3) is 0 Å². The summed E-state index contributed by atoms with van der Waals surface area (Å²) in [4.78, 5) is 2.37. The predicted molar refractivity (Wildman–Crippen MR) is 124 cm³/mol. The van der Waals surface area contributed by atoms with Gasteiger partial charge in [-0.15, -0.1) is 24.0 Å². The Balaban J connectivity index is 0.00000364. The van der Waals surface area contributed by atoms with Crippen LogP contribution in [0.3, 0.4) is 0 Å². The van der Waals surface area contributed by atoms with E-state index in [1.807, 2.05) is 12.1 Å². The summed E-state index contributed by atoms with van der Waals surface area (Å²) in [7, 11) is 4.96. The highest BCUT2D eigenvalue weighted by atomic mass is 127. The zero-order valence-corrected chi connectivity index (χ0v) is 19.7. The van der Waals surface area contributed by atoms with Crippen LogP contribution in [-0.4, -0.2) is 76.3 Å². The molecule has 1 N–H and O–H groups in total. The van der Waals surface area contributed by atoms with Gasteiger partial charge in [-0.25, -0.2) is 0 Å². The zero-order chi connectivity index (χ0) is 18.8. The second kappa shape index (κ2) is 13.3. The molecular weight excluding hydrogens is 479 g/mol. The Morgan fingerprint density at radius 3 is 2.26 bits per heavy atom. The summed E-state index contributed by atoms with van der Waals surface area (Å²) in [6, 6.07) is 8.21. The van der Waals surface area contributed by atoms with E-state index in [1.54, 1.807) is 33.1 Å². The fourth-order valence-corrected chi connectivity index (χ4v) is 3.29. The van der Waals surface area contributed by atoms with Crippen molar-refractivity contribution in [2.24, 2.45) is 5.10 Å². The summed E-state index contributed by atoms with van der Waals surface area (Å²) >= 11 is 1.69. The lowest BCUT2D eigenvalue weighted by Gasteiger charge is -2.35. The van der Waals surface area contributed by atoms with E-state index in [2.05, 4.69) is 34.3 Å². The molecule has 27 heavy (non-hydrogen) atoms. The van der Waals surface area contributed by atoms with E-state index in [0.29, 0.717) is 6.54 Å². The largest absolute Gasteiger partial charge is 0.497 e. The lowest BCUT2D eigenvalue weighted by Crippen LogP contribution is -2.45. The molecule has 0 radical (unpaired) electrons. The smallest absolute Gasteiger partial charge is 0.180 e. The Bertz CT molecular complexity index is 550. The molecule has 154 valence electrons. The average Bonchev–Trinajstić information content (AvgIpc) is 2.69. The number of amidine groups is 1. The van der Waals surface area contributed by atoms with E-state index in [-0.39, 0.29) is 30.3 Å². The molecule has 0 amide bonds. The molecule has 1 aromatic carbocycles. The summed E-state index contributed by atoms with van der Waals surface area (Å²) in [5.41, 5.74) is 1.22. The van der Waals surface area contributed by atoms with Crippen molar-refractivity contribution in [1.29, 1.82) is 0 Å². The van der Waals surface area contributed by atoms with Gasteiger partial charge in [-0.05, 0) is 30.0 Å². The summed E-state index contributed by atoms with van der Waals surface area (Å²) < 4.78 is 15.7. The van der Waals surface area contributed by atoms with Crippen molar-refractivity contribution in [2.45, 2.75) is 13.2 Å². The maximum atomic E-state index is 5.22. The molecule has 1 fully saturated rings. The number of thioether (sulfide) groups is 1. The molecule has 9 heteroatoms. The van der Waals surface area contributed by atoms with Crippen molar-refractivity contribution in [3.05, 3.63) is 24.3 Å². The number of hydrogen-bond acceptors (Lipinski definition) is 7. The van der Waals surface area contributed by atoms with E-state index < -0.39 is 0 Å². The Morgan fingerprint density at radius 2 is 1.74 bits per heavy atom. The first-order valence-corrected chi connectivity index (χ1v) is 9.83. The number of nitrogens with one attached hydrogen (secondary N) is 1. The van der Waals surface area contributed by atoms with Gasteiger partial charge >= 0.3 is 0 Å². The molecular formula is C18H31IN4O3S. The SMILES string of the molecule is CCS/C(=N\N1CCN(c2ccc(OC)cc2)CC1)NCC(OC)OC.I. The standard InChI is InChI=1S/C18H30N4O3S.HI/c1-5-26-18(19-14-17(24-3)25-4)20-22-12-10-21(11-13-22)15-6-8-16(23-2)9-7-15;/h6-9,17H,5,10-14H2,1-4H3,(H,19,20);1H. The molecule has 1 saturated heterocycles. The highest BCUT2D eigenvalue weighted by molar-refractivity contribution is 14.0. The van der Waals surface area contributed by atoms with Gasteiger partial charge < -0.3 is 24.4 Å². The first kappa shape index (κ1) is 24.1. The number of benzene rings is 1. The van der Waals surface area contributed by atoms with Gasteiger partial charge in [0.15, 0.2) is 11.5 Å². The number of hydrazone groups is 1. The third-order valence-electron chi connectivity index (χ3n) is 4.15. The molecule has 1 heterocycles. The molecule has 0 aromatic heterocycles. The number of hydrogen-bond donors (Lipinski definition) is 1. The fraction of sp³-hybridized carbons (Fsp3) is 0.611. The van der Waals surface area contributed by atoms with Crippen molar-refractivity contribution in [3.63, 3.8) is 0 Å². The van der Waals surface area contributed by atoms with Crippen LogP contribution in [0, 0.1) is 0 Å². The van der Waals surface area contributed by atoms with Crippen LogP contribution in [0.25, 0.3) is 0 Å². The van der Waals surface area contributed by atoms with Crippen molar-refractivity contribution in [3.8, 4) is 5.75 Å². The van der Waals surface area contributed by atoms with Crippen LogP contribution in [0.4, 0.5) is 5.69 Å². The van der Waals surface area contributed by atoms with Crippen LogP contribution in [0.15, 0.2) is 29.4 Å². The molecule has 0 saturated carbocycles. The van der Waals surface area contributed by atoms with E-state index in [4.69, 9.17) is 19.3 Å². The molecule has 1 aliphatic rings. The van der Waals surface area contributed by atoms with Crippen molar-refractivity contribution < 1.29 is 14.2 Å². The maximum absolute atomic E-state index is 5.22. The Morgan fingerprint density at radius 1 is 1.11 bits per heavy atom. The van der Waals surface area contributed by atoms with Gasteiger partial charge in [0, 0.05) is 33.0 Å². The van der Waals surface area contributed by atoms with Gasteiger partial charge in [-0.3, -0.25) is 5.01 Å². The minimum absolute atomic E-state index is 0. The average molecular weight is 510 g/mol. The number of methoxy groups -OCH3 is 3. The van der Waals surface area contributed by atoms with E-state index in [9.17, 15) is 0 Å². The number of ether oxygens (including phenoxy) is 3. The fourth-order valence-electron chi connectivity index (χ4n) is 2.66. The molecule has 0 atom stereocenters. The minimum atomic E-state index is -0.274. The third-order valence-corrected chi connectivity index (χ3v) is 4.94.